The number of carbonyl (C=O) groups is 1. The highest BCUT2D eigenvalue weighted by atomic mass is 16.5. The van der Waals surface area contributed by atoms with Crippen LogP contribution in [0.4, 0.5) is 0 Å². The first-order chi connectivity index (χ1) is 16.1. The molecule has 2 heterocycles. The van der Waals surface area contributed by atoms with Crippen LogP contribution < -0.4 is 15.8 Å². The molecule has 0 bridgehead atoms. The van der Waals surface area contributed by atoms with Crippen LogP contribution in [-0.4, -0.2) is 54.6 Å². The van der Waals surface area contributed by atoms with E-state index in [1.807, 2.05) is 65.7 Å². The Bertz CT molecular complexity index is 1120. The van der Waals surface area contributed by atoms with Crippen LogP contribution in [0.5, 0.6) is 5.75 Å². The Morgan fingerprint density at radius 1 is 1.03 bits per heavy atom. The van der Waals surface area contributed by atoms with Gasteiger partial charge in [-0.05, 0) is 18.2 Å². The zero-order chi connectivity index (χ0) is 23.4. The van der Waals surface area contributed by atoms with Gasteiger partial charge in [0.2, 0.25) is 5.43 Å². The number of nitrogens with one attached hydrogen (secondary N) is 1. The van der Waals surface area contributed by atoms with Gasteiger partial charge in [-0.15, -0.1) is 0 Å². The molecular weight excluding hydrogens is 420 g/mol. The second-order valence-electron chi connectivity index (χ2n) is 7.91. The number of hydrogen-bond donors (Lipinski definition) is 2. The number of benzene rings is 2. The smallest absolute Gasteiger partial charge is 0.277 e. The van der Waals surface area contributed by atoms with Crippen LogP contribution >= 0.6 is 0 Å². The maximum Gasteiger partial charge on any atom is 0.277 e. The van der Waals surface area contributed by atoms with E-state index in [-0.39, 0.29) is 18.4 Å². The van der Waals surface area contributed by atoms with Gasteiger partial charge in [0.25, 0.3) is 5.91 Å². The molecule has 0 spiro atoms. The van der Waals surface area contributed by atoms with Gasteiger partial charge in [0.15, 0.2) is 11.4 Å². The first kappa shape index (κ1) is 22.6. The van der Waals surface area contributed by atoms with E-state index in [2.05, 4.69) is 5.32 Å². The molecule has 0 fully saturated rings. The molecule has 4 rings (SSSR count). The molecule has 2 aromatic carbocycles. The van der Waals surface area contributed by atoms with Crippen molar-refractivity contribution in [2.24, 2.45) is 0 Å². The van der Waals surface area contributed by atoms with Gasteiger partial charge in [0.05, 0.1) is 18.3 Å². The monoisotopic (exact) mass is 448 g/mol. The highest BCUT2D eigenvalue weighted by Crippen LogP contribution is 2.33. The average molecular weight is 449 g/mol. The van der Waals surface area contributed by atoms with Gasteiger partial charge in [-0.1, -0.05) is 60.7 Å². The van der Waals surface area contributed by atoms with Crippen LogP contribution in [0.25, 0.3) is 0 Å². The Kier molecular flexibility index (Phi) is 6.76. The molecule has 172 valence electrons. The maximum absolute atomic E-state index is 13.4. The van der Waals surface area contributed by atoms with Crippen molar-refractivity contribution in [1.29, 1.82) is 0 Å². The maximum atomic E-state index is 13.4. The Hall–Kier alpha value is -3.62. The molecule has 0 saturated carbocycles. The predicted molar refractivity (Wildman–Crippen MR) is 126 cm³/mol. The molecule has 1 aromatic heterocycles. The SMILES string of the molecule is CNCc1cc(=O)c(O)c2n1N(C(c1ccccc1)c1ccccc1)CN(CCOC)C2=O. The zero-order valence-corrected chi connectivity index (χ0v) is 18.8. The van der Waals surface area contributed by atoms with E-state index < -0.39 is 17.1 Å². The van der Waals surface area contributed by atoms with E-state index in [0.717, 1.165) is 11.1 Å². The standard InChI is InChI=1S/C25H28N4O4/c1-26-16-20-15-21(30)24(31)23-25(32)27(13-14-33-2)17-28(29(20)23)22(18-9-5-3-6-10-18)19-11-7-4-8-12-19/h3-12,15,22,26,31H,13-14,16-17H2,1-2H3. The number of ether oxygens (including phenoxy) is 1. The fourth-order valence-corrected chi connectivity index (χ4v) is 4.26. The highest BCUT2D eigenvalue weighted by molar-refractivity contribution is 5.96. The summed E-state index contributed by atoms with van der Waals surface area (Å²) in [6.07, 6.45) is 0. The molecule has 0 unspecified atom stereocenters. The summed E-state index contributed by atoms with van der Waals surface area (Å²) in [5.41, 5.74) is 2.01. The molecule has 0 radical (unpaired) electrons. The van der Waals surface area contributed by atoms with E-state index >= 15 is 0 Å². The Morgan fingerprint density at radius 3 is 2.18 bits per heavy atom. The minimum absolute atomic E-state index is 0.0352. The van der Waals surface area contributed by atoms with Crippen molar-refractivity contribution < 1.29 is 14.6 Å². The van der Waals surface area contributed by atoms with Gasteiger partial charge in [0, 0.05) is 26.3 Å². The zero-order valence-electron chi connectivity index (χ0n) is 18.8. The lowest BCUT2D eigenvalue weighted by atomic mass is 9.98. The van der Waals surface area contributed by atoms with Crippen LogP contribution in [0.1, 0.15) is 33.4 Å². The summed E-state index contributed by atoms with van der Waals surface area (Å²) in [6, 6.07) is 21.1. The third-order valence-corrected chi connectivity index (χ3v) is 5.75. The van der Waals surface area contributed by atoms with Gasteiger partial charge < -0.3 is 20.1 Å². The number of nitrogens with zero attached hydrogens (tertiary/aromatic N) is 3. The summed E-state index contributed by atoms with van der Waals surface area (Å²) in [6.45, 7) is 1.26. The van der Waals surface area contributed by atoms with Crippen molar-refractivity contribution in [1.82, 2.24) is 14.9 Å². The normalized spacial score (nSPS) is 13.5. The first-order valence-corrected chi connectivity index (χ1v) is 10.8. The Morgan fingerprint density at radius 2 is 1.64 bits per heavy atom. The number of pyridine rings is 1. The summed E-state index contributed by atoms with van der Waals surface area (Å²) in [7, 11) is 3.35. The number of fused-ring (bicyclic) bond motifs is 1. The number of rotatable bonds is 8. The Labute approximate surface area is 192 Å². The first-order valence-electron chi connectivity index (χ1n) is 10.8. The minimum Gasteiger partial charge on any atom is -0.502 e. The summed E-state index contributed by atoms with van der Waals surface area (Å²) in [4.78, 5) is 27.6. The molecular formula is C25H28N4O4. The van der Waals surface area contributed by atoms with Crippen molar-refractivity contribution in [3.05, 3.63) is 99.5 Å². The van der Waals surface area contributed by atoms with Gasteiger partial charge >= 0.3 is 0 Å². The van der Waals surface area contributed by atoms with E-state index in [1.165, 1.54) is 6.07 Å². The van der Waals surface area contributed by atoms with Crippen molar-refractivity contribution >= 4 is 5.91 Å². The van der Waals surface area contributed by atoms with Crippen LogP contribution in [0.3, 0.4) is 0 Å². The minimum atomic E-state index is -0.579. The second-order valence-corrected chi connectivity index (χ2v) is 7.91. The number of aromatic hydroxyl groups is 1. The van der Waals surface area contributed by atoms with Crippen molar-refractivity contribution in [2.45, 2.75) is 12.6 Å². The highest BCUT2D eigenvalue weighted by Gasteiger charge is 2.37. The fraction of sp³-hybridized carbons (Fsp3) is 0.280. The number of amides is 1. The van der Waals surface area contributed by atoms with Crippen LogP contribution in [0.15, 0.2) is 71.5 Å². The predicted octanol–water partition coefficient (Wildman–Crippen LogP) is 2.06. The van der Waals surface area contributed by atoms with E-state index in [1.54, 1.807) is 23.7 Å². The number of methoxy groups -OCH3 is 1. The molecule has 1 amide bonds. The lowest BCUT2D eigenvalue weighted by Gasteiger charge is -2.45. The lowest BCUT2D eigenvalue weighted by Crippen LogP contribution is -2.57. The molecule has 3 aromatic rings. The van der Waals surface area contributed by atoms with E-state index in [9.17, 15) is 14.7 Å². The van der Waals surface area contributed by atoms with Gasteiger partial charge in [-0.25, -0.2) is 4.68 Å². The quantitative estimate of drug-likeness (QED) is 0.549. The van der Waals surface area contributed by atoms with Gasteiger partial charge in [0.1, 0.15) is 6.67 Å². The average Bonchev–Trinajstić information content (AvgIpc) is 2.84. The number of carbonyl (C=O) groups excluding carboxylic acids is 1. The summed E-state index contributed by atoms with van der Waals surface area (Å²) in [5, 5.41) is 15.8. The lowest BCUT2D eigenvalue weighted by molar-refractivity contribution is 0.0611. The van der Waals surface area contributed by atoms with E-state index in [4.69, 9.17) is 4.74 Å². The largest absolute Gasteiger partial charge is 0.502 e. The second kappa shape index (κ2) is 9.89. The van der Waals surface area contributed by atoms with Gasteiger partial charge in [-0.2, -0.15) is 0 Å². The molecule has 8 nitrogen and oxygen atoms in total. The van der Waals surface area contributed by atoms with Crippen molar-refractivity contribution in [3.63, 3.8) is 0 Å². The molecule has 0 aliphatic carbocycles. The fourth-order valence-electron chi connectivity index (χ4n) is 4.26. The summed E-state index contributed by atoms with van der Waals surface area (Å²) < 4.78 is 6.91. The van der Waals surface area contributed by atoms with Crippen LogP contribution in [0, 0.1) is 0 Å². The molecule has 1 aliphatic heterocycles. The third-order valence-electron chi connectivity index (χ3n) is 5.75. The molecule has 8 heteroatoms. The number of hydrogen-bond acceptors (Lipinski definition) is 6. The molecule has 0 saturated heterocycles. The number of aromatic nitrogens is 1. The van der Waals surface area contributed by atoms with Crippen molar-refractivity contribution in [2.75, 3.05) is 39.0 Å². The van der Waals surface area contributed by atoms with E-state index in [0.29, 0.717) is 25.4 Å². The van der Waals surface area contributed by atoms with Crippen LogP contribution in [-0.2, 0) is 11.3 Å². The van der Waals surface area contributed by atoms with Crippen LogP contribution in [0.2, 0.25) is 0 Å². The topological polar surface area (TPSA) is 87.0 Å². The summed E-state index contributed by atoms with van der Waals surface area (Å²) >= 11 is 0. The molecule has 0 atom stereocenters. The van der Waals surface area contributed by atoms with Gasteiger partial charge in [-0.3, -0.25) is 14.6 Å². The summed E-state index contributed by atoms with van der Waals surface area (Å²) in [5.74, 6) is -0.956. The molecule has 2 N–H and O–H groups in total. The molecule has 33 heavy (non-hydrogen) atoms. The van der Waals surface area contributed by atoms with Crippen molar-refractivity contribution in [3.8, 4) is 5.75 Å². The molecule has 1 aliphatic rings. The Balaban J connectivity index is 1.98. The third kappa shape index (κ3) is 4.35.